The second kappa shape index (κ2) is 12.6. The van der Waals surface area contributed by atoms with Gasteiger partial charge in [-0.25, -0.2) is 0 Å². The van der Waals surface area contributed by atoms with Crippen molar-refractivity contribution in [2.75, 3.05) is 54.4 Å². The van der Waals surface area contributed by atoms with Gasteiger partial charge in [0.2, 0.25) is 0 Å². The van der Waals surface area contributed by atoms with Gasteiger partial charge in [0.25, 0.3) is 0 Å². The Morgan fingerprint density at radius 2 is 1.00 bits per heavy atom. The predicted molar refractivity (Wildman–Crippen MR) is 94.1 cm³/mol. The number of hydrogen-bond acceptors (Lipinski definition) is 0. The summed E-state index contributed by atoms with van der Waals surface area (Å²) in [5.74, 6) is 0. The predicted octanol–water partition coefficient (Wildman–Crippen LogP) is 4.55. The Bertz CT molecular complexity index is 190. The molecule has 0 radical (unpaired) electrons. The van der Waals surface area contributed by atoms with Crippen molar-refractivity contribution in [2.45, 2.75) is 66.2 Å². The van der Waals surface area contributed by atoms with Crippen LogP contribution in [0.5, 0.6) is 0 Å². The molecule has 0 aliphatic heterocycles. The summed E-state index contributed by atoms with van der Waals surface area (Å²) in [7, 11) is 9.22. The van der Waals surface area contributed by atoms with E-state index < -0.39 is 0 Å². The van der Waals surface area contributed by atoms with Crippen LogP contribution in [-0.2, 0) is 0 Å². The van der Waals surface area contributed by atoms with Crippen LogP contribution in [-0.4, -0.2) is 63.3 Å². The van der Waals surface area contributed by atoms with Crippen LogP contribution in [0.15, 0.2) is 0 Å². The van der Waals surface area contributed by atoms with E-state index in [9.17, 15) is 0 Å². The molecule has 0 aliphatic carbocycles. The Hall–Kier alpha value is -0.0800. The zero-order valence-corrected chi connectivity index (χ0v) is 16.0. The van der Waals surface area contributed by atoms with E-state index in [2.05, 4.69) is 55.9 Å². The molecule has 2 heteroatoms. The van der Waals surface area contributed by atoms with E-state index in [0.717, 1.165) is 0 Å². The lowest BCUT2D eigenvalue weighted by Crippen LogP contribution is -2.40. The molecule has 0 saturated carbocycles. The third-order valence-electron chi connectivity index (χ3n) is 4.13. The summed E-state index contributed by atoms with van der Waals surface area (Å²) in [4.78, 5) is 0. The van der Waals surface area contributed by atoms with Gasteiger partial charge in [-0.1, -0.05) is 33.6 Å². The highest BCUT2D eigenvalue weighted by molar-refractivity contribution is 4.39. The molecule has 0 heterocycles. The molecular weight excluding hydrogens is 244 g/mol. The average Bonchev–Trinajstić information content (AvgIpc) is 2.35. The van der Waals surface area contributed by atoms with Crippen LogP contribution < -0.4 is 0 Å². The molecule has 0 saturated heterocycles. The molecule has 0 aromatic rings. The maximum atomic E-state index is 2.31. The molecular formula is C18H44N2+2. The first-order chi connectivity index (χ1) is 9.24. The first-order valence-corrected chi connectivity index (χ1v) is 8.88. The van der Waals surface area contributed by atoms with Crippen molar-refractivity contribution in [3.63, 3.8) is 0 Å². The fraction of sp³-hybridized carbons (Fsp3) is 1.00. The molecule has 0 aromatic carbocycles. The highest BCUT2D eigenvalue weighted by atomic mass is 15.3. The molecule has 124 valence electrons. The van der Waals surface area contributed by atoms with Crippen molar-refractivity contribution >= 4 is 0 Å². The highest BCUT2D eigenvalue weighted by Gasteiger charge is 2.10. The Kier molecular flexibility index (Phi) is 14.0. The number of rotatable bonds is 10. The molecule has 0 aliphatic rings. The second-order valence-corrected chi connectivity index (χ2v) is 7.42. The molecule has 0 unspecified atom stereocenters. The van der Waals surface area contributed by atoms with Gasteiger partial charge in [-0.15, -0.1) is 0 Å². The fourth-order valence-electron chi connectivity index (χ4n) is 2.45. The number of unbranched alkanes of at least 4 members (excludes halogenated alkanes) is 3. The van der Waals surface area contributed by atoms with Gasteiger partial charge in [0.1, 0.15) is 0 Å². The van der Waals surface area contributed by atoms with Gasteiger partial charge in [0.15, 0.2) is 0 Å². The van der Waals surface area contributed by atoms with E-state index in [1.807, 2.05) is 0 Å². The Morgan fingerprint density at radius 1 is 0.500 bits per heavy atom. The van der Waals surface area contributed by atoms with E-state index in [-0.39, 0.29) is 0 Å². The zero-order valence-electron chi connectivity index (χ0n) is 16.0. The third kappa shape index (κ3) is 16.0. The van der Waals surface area contributed by atoms with Crippen molar-refractivity contribution < 1.29 is 8.97 Å². The van der Waals surface area contributed by atoms with Crippen LogP contribution in [0.4, 0.5) is 0 Å². The van der Waals surface area contributed by atoms with Gasteiger partial charge in [0, 0.05) is 0 Å². The maximum absolute atomic E-state index is 2.31. The molecule has 0 aromatic heterocycles. The zero-order chi connectivity index (χ0) is 16.1. The number of nitrogens with zero attached hydrogens (tertiary/aromatic N) is 2. The smallest absolute Gasteiger partial charge is 0.0782 e. The summed E-state index contributed by atoms with van der Waals surface area (Å²) in [5, 5.41) is 0. The molecule has 0 bridgehead atoms. The summed E-state index contributed by atoms with van der Waals surface area (Å²) in [5.41, 5.74) is 0. The van der Waals surface area contributed by atoms with Gasteiger partial charge in [-0.3, -0.25) is 0 Å². The van der Waals surface area contributed by atoms with E-state index in [1.54, 1.807) is 0 Å². The van der Waals surface area contributed by atoms with Crippen LogP contribution in [0.1, 0.15) is 66.2 Å². The molecule has 0 spiro atoms. The lowest BCUT2D eigenvalue weighted by atomic mass is 10.2. The van der Waals surface area contributed by atoms with E-state index in [0.29, 0.717) is 0 Å². The number of hydrogen-bond donors (Lipinski definition) is 0. The van der Waals surface area contributed by atoms with E-state index >= 15 is 0 Å². The number of quaternary nitrogens is 2. The van der Waals surface area contributed by atoms with Gasteiger partial charge in [-0.05, 0) is 32.6 Å². The van der Waals surface area contributed by atoms with Gasteiger partial charge < -0.3 is 8.97 Å². The lowest BCUT2D eigenvalue weighted by molar-refractivity contribution is -0.890. The summed E-state index contributed by atoms with van der Waals surface area (Å²) in [6, 6.07) is 0. The van der Waals surface area contributed by atoms with Gasteiger partial charge >= 0.3 is 0 Å². The Morgan fingerprint density at radius 3 is 1.35 bits per heavy atom. The topological polar surface area (TPSA) is 0 Å². The SMILES string of the molecule is CCCCCC[N+](C)(C)CC.CCC[N+](C)(C)CCC. The van der Waals surface area contributed by atoms with Crippen LogP contribution in [0.25, 0.3) is 0 Å². The minimum absolute atomic E-state index is 1.18. The lowest BCUT2D eigenvalue weighted by Gasteiger charge is -2.28. The molecule has 0 rings (SSSR count). The quantitative estimate of drug-likeness (QED) is 0.409. The van der Waals surface area contributed by atoms with Crippen molar-refractivity contribution in [3.8, 4) is 0 Å². The monoisotopic (exact) mass is 288 g/mol. The van der Waals surface area contributed by atoms with Crippen LogP contribution >= 0.6 is 0 Å². The molecule has 0 amide bonds. The molecule has 20 heavy (non-hydrogen) atoms. The highest BCUT2D eigenvalue weighted by Crippen LogP contribution is 2.04. The van der Waals surface area contributed by atoms with Gasteiger partial charge in [-0.2, -0.15) is 0 Å². The first kappa shape index (κ1) is 22.2. The van der Waals surface area contributed by atoms with Gasteiger partial charge in [0.05, 0.1) is 54.4 Å². The normalized spacial score (nSPS) is 12.0. The van der Waals surface area contributed by atoms with Crippen molar-refractivity contribution in [1.29, 1.82) is 0 Å². The third-order valence-corrected chi connectivity index (χ3v) is 4.13. The standard InChI is InChI=1S/C10H24N.C8H20N/c1-5-7-8-9-10-11(3,4)6-2;1-5-7-9(3,4)8-6-2/h5-10H2,1-4H3;5-8H2,1-4H3/q2*+1. The van der Waals surface area contributed by atoms with Crippen LogP contribution in [0.2, 0.25) is 0 Å². The fourth-order valence-corrected chi connectivity index (χ4v) is 2.45. The molecule has 0 atom stereocenters. The van der Waals surface area contributed by atoms with Crippen LogP contribution in [0.3, 0.4) is 0 Å². The minimum atomic E-state index is 1.18. The first-order valence-electron chi connectivity index (χ1n) is 8.88. The maximum Gasteiger partial charge on any atom is 0.0782 e. The van der Waals surface area contributed by atoms with E-state index in [1.165, 1.54) is 73.7 Å². The molecule has 2 nitrogen and oxygen atoms in total. The van der Waals surface area contributed by atoms with Crippen molar-refractivity contribution in [1.82, 2.24) is 0 Å². The Labute approximate surface area is 130 Å². The van der Waals surface area contributed by atoms with E-state index in [4.69, 9.17) is 0 Å². The van der Waals surface area contributed by atoms with Crippen molar-refractivity contribution in [3.05, 3.63) is 0 Å². The second-order valence-electron chi connectivity index (χ2n) is 7.42. The Balaban J connectivity index is 0. The summed E-state index contributed by atoms with van der Waals surface area (Å²) < 4.78 is 2.37. The van der Waals surface area contributed by atoms with Crippen molar-refractivity contribution in [2.24, 2.45) is 0 Å². The molecule has 0 fully saturated rings. The summed E-state index contributed by atoms with van der Waals surface area (Å²) in [6.07, 6.45) is 8.16. The largest absolute Gasteiger partial charge is 0.329 e. The summed E-state index contributed by atoms with van der Waals surface area (Å²) >= 11 is 0. The average molecular weight is 289 g/mol. The summed E-state index contributed by atoms with van der Waals surface area (Å²) in [6.45, 7) is 14.2. The molecule has 0 N–H and O–H groups in total. The van der Waals surface area contributed by atoms with Crippen LogP contribution in [0, 0.1) is 0 Å². The minimum Gasteiger partial charge on any atom is -0.329 e.